The van der Waals surface area contributed by atoms with Crippen LogP contribution in [0.25, 0.3) is 0 Å². The summed E-state index contributed by atoms with van der Waals surface area (Å²) in [5.41, 5.74) is 4.70. The molecule has 0 rings (SSSR count). The standard InChI is InChI=1S/C21H39N7O6.C7H12N2O3.C3H8N2O/c1-8-22-16(29)11-25(4)20(33)14-28(7)19(32)10-24-17(30)12-26(5)21(34)13-27(6)18(31)9-23-15(2)3;1-8(6-11)5-7(12)9(2)3-4-10;1-5-2-3(4)6/h15,23H,8-14H2,1-7H3,(H,22,29)(H,24,30);4,6H,3,5H2,1-2H3;5H,2H2,1H3,(H2,4,6). The molecular weight excluding hydrogens is 686 g/mol. The monoisotopic (exact) mass is 745 g/mol. The maximum Gasteiger partial charge on any atom is 0.242 e. The first kappa shape index (κ1) is 51.2. The van der Waals surface area contributed by atoms with Gasteiger partial charge in [0.2, 0.25) is 53.7 Å². The van der Waals surface area contributed by atoms with E-state index >= 15 is 0 Å². The van der Waals surface area contributed by atoms with E-state index in [0.29, 0.717) is 19.2 Å². The van der Waals surface area contributed by atoms with Crippen molar-refractivity contribution >= 4 is 60.0 Å². The Morgan fingerprint density at radius 1 is 0.596 bits per heavy atom. The number of nitrogens with zero attached hydrogens (tertiary/aromatic N) is 6. The van der Waals surface area contributed by atoms with E-state index in [9.17, 15) is 47.9 Å². The summed E-state index contributed by atoms with van der Waals surface area (Å²) in [7, 11) is 10.5. The van der Waals surface area contributed by atoms with Crippen molar-refractivity contribution in [2.45, 2.75) is 26.8 Å². The highest BCUT2D eigenvalue weighted by Gasteiger charge is 2.20. The summed E-state index contributed by atoms with van der Waals surface area (Å²) >= 11 is 0. The highest BCUT2D eigenvalue weighted by molar-refractivity contribution is 5.92. The van der Waals surface area contributed by atoms with E-state index in [1.165, 1.54) is 61.9 Å². The normalized spacial score (nSPS) is 9.75. The van der Waals surface area contributed by atoms with E-state index in [1.807, 2.05) is 13.8 Å². The minimum Gasteiger partial charge on any atom is -0.369 e. The number of hydrogen-bond donors (Lipinski definition) is 5. The van der Waals surface area contributed by atoms with Crippen molar-refractivity contribution in [3.8, 4) is 0 Å². The van der Waals surface area contributed by atoms with Crippen molar-refractivity contribution in [3.05, 3.63) is 0 Å². The number of amides is 9. The Labute approximate surface area is 305 Å². The van der Waals surface area contributed by atoms with Crippen LogP contribution in [0.5, 0.6) is 0 Å². The van der Waals surface area contributed by atoms with Crippen LogP contribution in [-0.4, -0.2) is 210 Å². The third kappa shape index (κ3) is 27.6. The number of hydrogen-bond acceptors (Lipinski definition) is 12. The fourth-order valence-corrected chi connectivity index (χ4v) is 3.23. The first-order valence-corrected chi connectivity index (χ1v) is 16.2. The minimum atomic E-state index is -0.562. The lowest BCUT2D eigenvalue weighted by atomic mass is 10.3. The SMILES string of the molecule is CCNC(=O)CN(C)C(=O)CN(C)C(=O)CNC(=O)CN(C)C(=O)CN(C)C(=O)CNC(C)C.CN(C=O)CC(=O)N(C)CC=O.CNCC(N)=O. The number of likely N-dealkylation sites (N-methyl/N-ethyl adjacent to an activating group) is 8. The van der Waals surface area contributed by atoms with Crippen molar-refractivity contribution in [1.82, 2.24) is 50.7 Å². The van der Waals surface area contributed by atoms with E-state index in [2.05, 4.69) is 21.3 Å². The summed E-state index contributed by atoms with van der Waals surface area (Å²) in [4.78, 5) is 120. The van der Waals surface area contributed by atoms with Crippen LogP contribution in [-0.2, 0) is 47.9 Å². The molecule has 21 nitrogen and oxygen atoms in total. The zero-order chi connectivity index (χ0) is 41.0. The molecule has 9 amide bonds. The number of nitrogens with two attached hydrogens (primary N) is 1. The Hall–Kier alpha value is -5.18. The molecule has 0 aromatic carbocycles. The Morgan fingerprint density at radius 3 is 1.38 bits per heavy atom. The average Bonchev–Trinajstić information content (AvgIpc) is 3.06. The van der Waals surface area contributed by atoms with Crippen molar-refractivity contribution in [2.75, 3.05) is 115 Å². The number of carbonyl (C=O) groups excluding carboxylic acids is 10. The predicted octanol–water partition coefficient (Wildman–Crippen LogP) is -5.51. The lowest BCUT2D eigenvalue weighted by Crippen LogP contribution is -2.48. The van der Waals surface area contributed by atoms with Crippen molar-refractivity contribution < 1.29 is 47.9 Å². The van der Waals surface area contributed by atoms with Crippen LogP contribution in [0.1, 0.15) is 20.8 Å². The number of carbonyl (C=O) groups is 10. The average molecular weight is 746 g/mol. The number of rotatable bonds is 21. The molecule has 21 heteroatoms. The fourth-order valence-electron chi connectivity index (χ4n) is 3.23. The van der Waals surface area contributed by atoms with Gasteiger partial charge in [-0.3, -0.25) is 43.2 Å². The van der Waals surface area contributed by atoms with Gasteiger partial charge in [-0.15, -0.1) is 0 Å². The Kier molecular flexibility index (Phi) is 29.1. The molecule has 0 aliphatic heterocycles. The quantitative estimate of drug-likeness (QED) is 0.0690. The third-order valence-electron chi connectivity index (χ3n) is 6.37. The van der Waals surface area contributed by atoms with Crippen LogP contribution in [0.15, 0.2) is 0 Å². The zero-order valence-electron chi connectivity index (χ0n) is 32.1. The van der Waals surface area contributed by atoms with Gasteiger partial charge >= 0.3 is 0 Å². The Balaban J connectivity index is -0.00000109. The summed E-state index contributed by atoms with van der Waals surface area (Å²) in [6, 6.07) is 0.132. The lowest BCUT2D eigenvalue weighted by molar-refractivity contribution is -0.141. The third-order valence-corrected chi connectivity index (χ3v) is 6.37. The summed E-state index contributed by atoms with van der Waals surface area (Å²) in [6.07, 6.45) is 1.20. The van der Waals surface area contributed by atoms with Crippen LogP contribution < -0.4 is 27.0 Å². The van der Waals surface area contributed by atoms with Crippen molar-refractivity contribution in [1.29, 1.82) is 0 Å². The molecule has 0 aromatic heterocycles. The molecule has 0 aromatic rings. The molecule has 0 heterocycles. The van der Waals surface area contributed by atoms with E-state index in [0.717, 1.165) is 9.80 Å². The van der Waals surface area contributed by atoms with Gasteiger partial charge in [0, 0.05) is 54.9 Å². The summed E-state index contributed by atoms with van der Waals surface area (Å²) in [6.45, 7) is 5.23. The predicted molar refractivity (Wildman–Crippen MR) is 191 cm³/mol. The molecule has 0 atom stereocenters. The van der Waals surface area contributed by atoms with Gasteiger partial charge in [-0.1, -0.05) is 13.8 Å². The van der Waals surface area contributed by atoms with Crippen molar-refractivity contribution in [2.24, 2.45) is 5.73 Å². The topological polar surface area (TPSA) is 264 Å². The fraction of sp³-hybridized carbons (Fsp3) is 0.677. The maximum atomic E-state index is 12.3. The summed E-state index contributed by atoms with van der Waals surface area (Å²) < 4.78 is 0. The zero-order valence-corrected chi connectivity index (χ0v) is 32.1. The van der Waals surface area contributed by atoms with Gasteiger partial charge in [-0.05, 0) is 14.0 Å². The second-order valence-corrected chi connectivity index (χ2v) is 11.7. The molecule has 6 N–H and O–H groups in total. The maximum absolute atomic E-state index is 12.3. The molecule has 0 saturated carbocycles. The number of aldehydes is 1. The molecule has 0 saturated heterocycles. The highest BCUT2D eigenvalue weighted by atomic mass is 16.2. The van der Waals surface area contributed by atoms with E-state index in [1.54, 1.807) is 14.0 Å². The van der Waals surface area contributed by atoms with Gasteiger partial charge in [0.15, 0.2) is 0 Å². The minimum absolute atomic E-state index is 0.00778. The van der Waals surface area contributed by atoms with Gasteiger partial charge in [0.05, 0.1) is 58.9 Å². The summed E-state index contributed by atoms with van der Waals surface area (Å²) in [5.74, 6) is -3.06. The van der Waals surface area contributed by atoms with Gasteiger partial charge in [-0.2, -0.15) is 0 Å². The molecule has 0 unspecified atom stereocenters. The molecule has 0 fully saturated rings. The molecule has 298 valence electrons. The molecule has 0 spiro atoms. The van der Waals surface area contributed by atoms with E-state index < -0.39 is 23.6 Å². The molecule has 0 radical (unpaired) electrons. The Bertz CT molecular complexity index is 1190. The molecule has 52 heavy (non-hydrogen) atoms. The molecule has 0 aliphatic rings. The smallest absolute Gasteiger partial charge is 0.242 e. The largest absolute Gasteiger partial charge is 0.369 e. The first-order valence-electron chi connectivity index (χ1n) is 16.2. The highest BCUT2D eigenvalue weighted by Crippen LogP contribution is 1.94. The molecule has 0 bridgehead atoms. The van der Waals surface area contributed by atoms with Gasteiger partial charge in [0.1, 0.15) is 6.29 Å². The van der Waals surface area contributed by atoms with Crippen molar-refractivity contribution in [3.63, 3.8) is 0 Å². The first-order chi connectivity index (χ1) is 24.2. The van der Waals surface area contributed by atoms with Gasteiger partial charge in [-0.25, -0.2) is 0 Å². The lowest BCUT2D eigenvalue weighted by Gasteiger charge is -2.23. The van der Waals surface area contributed by atoms with Gasteiger partial charge < -0.3 is 61.2 Å². The second kappa shape index (κ2) is 29.5. The number of primary amides is 1. The van der Waals surface area contributed by atoms with Crippen LogP contribution in [0.4, 0.5) is 0 Å². The molecular formula is C31H59N11O10. The Morgan fingerprint density at radius 2 is 1.02 bits per heavy atom. The van der Waals surface area contributed by atoms with Crippen LogP contribution in [0.3, 0.4) is 0 Å². The van der Waals surface area contributed by atoms with Crippen LogP contribution in [0.2, 0.25) is 0 Å². The second-order valence-electron chi connectivity index (χ2n) is 11.7. The van der Waals surface area contributed by atoms with E-state index in [4.69, 9.17) is 5.73 Å². The summed E-state index contributed by atoms with van der Waals surface area (Å²) in [5, 5.41) is 10.5. The van der Waals surface area contributed by atoms with Crippen LogP contribution in [0, 0.1) is 0 Å². The van der Waals surface area contributed by atoms with Crippen LogP contribution >= 0.6 is 0 Å². The van der Waals surface area contributed by atoms with Gasteiger partial charge in [0.25, 0.3) is 0 Å². The van der Waals surface area contributed by atoms with E-state index in [-0.39, 0.29) is 88.6 Å². The molecule has 0 aliphatic carbocycles. The number of nitrogens with one attached hydrogen (secondary N) is 4.